The lowest BCUT2D eigenvalue weighted by atomic mass is 10.1. The first-order chi connectivity index (χ1) is 8.74. The summed E-state index contributed by atoms with van der Waals surface area (Å²) in [6.07, 6.45) is 5.08. The Balaban J connectivity index is 1.84. The van der Waals surface area contributed by atoms with Gasteiger partial charge in [-0.05, 0) is 18.6 Å². The molecule has 1 aromatic heterocycles. The van der Waals surface area contributed by atoms with Gasteiger partial charge in [-0.15, -0.1) is 11.3 Å². The smallest absolute Gasteiger partial charge is 0.314 e. The molecule has 2 N–H and O–H groups in total. The molecule has 0 saturated carbocycles. The van der Waals surface area contributed by atoms with E-state index in [1.54, 1.807) is 17.8 Å². The number of carbonyl (C=O) groups is 1. The lowest BCUT2D eigenvalue weighted by molar-refractivity contribution is 0.255. The van der Waals surface area contributed by atoms with Gasteiger partial charge in [0.25, 0.3) is 0 Å². The number of nitrogens with zero attached hydrogens (tertiary/aromatic N) is 1. The molecule has 1 aromatic carbocycles. The standard InChI is InChI=1S/C13H13N3OS/c1-10-2-4-11(5-3-10)6-7-14-12(17)16-13-15-8-9-18-13/h2-9H,1H3,(H2,14,15,16,17)/b7-6+. The molecule has 1 heterocycles. The van der Waals surface area contributed by atoms with Gasteiger partial charge in [0.1, 0.15) is 0 Å². The van der Waals surface area contributed by atoms with Crippen molar-refractivity contribution in [1.29, 1.82) is 0 Å². The second-order valence-electron chi connectivity index (χ2n) is 3.68. The van der Waals surface area contributed by atoms with E-state index in [-0.39, 0.29) is 6.03 Å². The van der Waals surface area contributed by atoms with Crippen LogP contribution in [0.25, 0.3) is 6.08 Å². The predicted octanol–water partition coefficient (Wildman–Crippen LogP) is 3.24. The summed E-state index contributed by atoms with van der Waals surface area (Å²) < 4.78 is 0. The Hall–Kier alpha value is -2.14. The van der Waals surface area contributed by atoms with Crippen molar-refractivity contribution >= 4 is 28.6 Å². The molecule has 0 radical (unpaired) electrons. The Bertz CT molecular complexity index is 532. The van der Waals surface area contributed by atoms with E-state index in [4.69, 9.17) is 0 Å². The van der Waals surface area contributed by atoms with E-state index >= 15 is 0 Å². The summed E-state index contributed by atoms with van der Waals surface area (Å²) in [5.74, 6) is 0. The highest BCUT2D eigenvalue weighted by Gasteiger charge is 1.99. The molecule has 2 rings (SSSR count). The van der Waals surface area contributed by atoms with E-state index in [0.29, 0.717) is 5.13 Å². The zero-order valence-electron chi connectivity index (χ0n) is 9.88. The monoisotopic (exact) mass is 259 g/mol. The fourth-order valence-corrected chi connectivity index (χ4v) is 1.83. The molecule has 2 amide bonds. The summed E-state index contributed by atoms with van der Waals surface area (Å²) >= 11 is 1.38. The topological polar surface area (TPSA) is 54.0 Å². The Labute approximate surface area is 109 Å². The number of amides is 2. The molecule has 0 spiro atoms. The number of nitrogens with one attached hydrogen (secondary N) is 2. The van der Waals surface area contributed by atoms with Crippen LogP contribution in [0.1, 0.15) is 11.1 Å². The van der Waals surface area contributed by atoms with E-state index < -0.39 is 0 Å². The predicted molar refractivity (Wildman–Crippen MR) is 74.5 cm³/mol. The largest absolute Gasteiger partial charge is 0.325 e. The Morgan fingerprint density at radius 1 is 1.33 bits per heavy atom. The van der Waals surface area contributed by atoms with Crippen LogP contribution in [0.3, 0.4) is 0 Å². The van der Waals surface area contributed by atoms with Gasteiger partial charge >= 0.3 is 6.03 Å². The molecule has 0 unspecified atom stereocenters. The minimum atomic E-state index is -0.298. The second kappa shape index (κ2) is 5.97. The molecule has 0 aliphatic rings. The molecule has 4 nitrogen and oxygen atoms in total. The van der Waals surface area contributed by atoms with Crippen LogP contribution in [0.4, 0.5) is 9.93 Å². The van der Waals surface area contributed by atoms with Gasteiger partial charge in [0, 0.05) is 17.8 Å². The van der Waals surface area contributed by atoms with Gasteiger partial charge in [-0.3, -0.25) is 5.32 Å². The molecule has 0 atom stereocenters. The molecular weight excluding hydrogens is 246 g/mol. The number of benzene rings is 1. The lowest BCUT2D eigenvalue weighted by Gasteiger charge is -2.00. The van der Waals surface area contributed by atoms with Crippen molar-refractivity contribution in [3.8, 4) is 0 Å². The number of aromatic nitrogens is 1. The first-order valence-corrected chi connectivity index (χ1v) is 6.32. The average molecular weight is 259 g/mol. The van der Waals surface area contributed by atoms with Crippen molar-refractivity contribution in [2.24, 2.45) is 0 Å². The molecule has 18 heavy (non-hydrogen) atoms. The second-order valence-corrected chi connectivity index (χ2v) is 4.57. The maximum absolute atomic E-state index is 11.4. The van der Waals surface area contributed by atoms with Gasteiger partial charge in [0.15, 0.2) is 5.13 Å². The van der Waals surface area contributed by atoms with Crippen LogP contribution < -0.4 is 10.6 Å². The van der Waals surface area contributed by atoms with Crippen molar-refractivity contribution in [1.82, 2.24) is 10.3 Å². The number of anilines is 1. The Kier molecular flexibility index (Phi) is 4.09. The lowest BCUT2D eigenvalue weighted by Crippen LogP contribution is -2.23. The molecule has 2 aromatic rings. The van der Waals surface area contributed by atoms with Crippen LogP contribution in [0.5, 0.6) is 0 Å². The first-order valence-electron chi connectivity index (χ1n) is 5.44. The number of carbonyl (C=O) groups excluding carboxylic acids is 1. The zero-order valence-corrected chi connectivity index (χ0v) is 10.7. The van der Waals surface area contributed by atoms with E-state index in [2.05, 4.69) is 15.6 Å². The summed E-state index contributed by atoms with van der Waals surface area (Å²) in [6, 6.07) is 7.73. The van der Waals surface area contributed by atoms with E-state index in [1.807, 2.05) is 37.3 Å². The molecule has 5 heteroatoms. The Morgan fingerprint density at radius 3 is 2.78 bits per heavy atom. The fraction of sp³-hybridized carbons (Fsp3) is 0.0769. The van der Waals surface area contributed by atoms with Crippen molar-refractivity contribution in [3.05, 3.63) is 53.2 Å². The maximum atomic E-state index is 11.4. The van der Waals surface area contributed by atoms with E-state index in [0.717, 1.165) is 5.56 Å². The number of thiazole rings is 1. The van der Waals surface area contributed by atoms with Crippen molar-refractivity contribution < 1.29 is 4.79 Å². The Morgan fingerprint density at radius 2 is 2.11 bits per heavy atom. The molecule has 92 valence electrons. The van der Waals surface area contributed by atoms with Crippen LogP contribution in [0.15, 0.2) is 42.0 Å². The highest BCUT2D eigenvalue weighted by molar-refractivity contribution is 7.13. The number of rotatable bonds is 3. The number of hydrogen-bond acceptors (Lipinski definition) is 3. The van der Waals surface area contributed by atoms with Crippen LogP contribution in [-0.4, -0.2) is 11.0 Å². The molecule has 0 fully saturated rings. The zero-order chi connectivity index (χ0) is 12.8. The van der Waals surface area contributed by atoms with Crippen LogP contribution >= 0.6 is 11.3 Å². The summed E-state index contributed by atoms with van der Waals surface area (Å²) in [6.45, 7) is 2.03. The highest BCUT2D eigenvalue weighted by Crippen LogP contribution is 2.09. The molecule has 0 saturated heterocycles. The van der Waals surface area contributed by atoms with Gasteiger partial charge in [-0.25, -0.2) is 9.78 Å². The number of urea groups is 1. The number of hydrogen-bond donors (Lipinski definition) is 2. The van der Waals surface area contributed by atoms with Crippen molar-refractivity contribution in [3.63, 3.8) is 0 Å². The van der Waals surface area contributed by atoms with Gasteiger partial charge in [0.2, 0.25) is 0 Å². The van der Waals surface area contributed by atoms with E-state index in [1.165, 1.54) is 16.9 Å². The third-order valence-corrected chi connectivity index (χ3v) is 2.91. The molecular formula is C13H13N3OS. The van der Waals surface area contributed by atoms with E-state index in [9.17, 15) is 4.79 Å². The third-order valence-electron chi connectivity index (χ3n) is 2.22. The highest BCUT2D eigenvalue weighted by atomic mass is 32.1. The fourth-order valence-electron chi connectivity index (χ4n) is 1.31. The van der Waals surface area contributed by atoms with Crippen LogP contribution in [-0.2, 0) is 0 Å². The molecule has 0 aliphatic carbocycles. The summed E-state index contributed by atoms with van der Waals surface area (Å²) in [5, 5.41) is 7.63. The van der Waals surface area contributed by atoms with Crippen LogP contribution in [0, 0.1) is 6.92 Å². The normalized spacial score (nSPS) is 10.5. The van der Waals surface area contributed by atoms with Crippen LogP contribution in [0.2, 0.25) is 0 Å². The van der Waals surface area contributed by atoms with Gasteiger partial charge in [0.05, 0.1) is 0 Å². The summed E-state index contributed by atoms with van der Waals surface area (Å²) in [5.41, 5.74) is 2.25. The van der Waals surface area contributed by atoms with Crippen molar-refractivity contribution in [2.75, 3.05) is 5.32 Å². The van der Waals surface area contributed by atoms with Crippen molar-refractivity contribution in [2.45, 2.75) is 6.92 Å². The number of aryl methyl sites for hydroxylation is 1. The van der Waals surface area contributed by atoms with Gasteiger partial charge < -0.3 is 5.32 Å². The minimum absolute atomic E-state index is 0.298. The van der Waals surface area contributed by atoms with Gasteiger partial charge in [-0.2, -0.15) is 0 Å². The summed E-state index contributed by atoms with van der Waals surface area (Å²) in [7, 11) is 0. The molecule has 0 aliphatic heterocycles. The third kappa shape index (κ3) is 3.71. The summed E-state index contributed by atoms with van der Waals surface area (Å²) in [4.78, 5) is 15.4. The first kappa shape index (κ1) is 12.3. The maximum Gasteiger partial charge on any atom is 0.325 e. The molecule has 0 bridgehead atoms. The average Bonchev–Trinajstić information content (AvgIpc) is 2.84. The minimum Gasteiger partial charge on any atom is -0.314 e. The SMILES string of the molecule is Cc1ccc(/C=C/NC(=O)Nc2nccs2)cc1. The quantitative estimate of drug-likeness (QED) is 0.889. The van der Waals surface area contributed by atoms with Gasteiger partial charge in [-0.1, -0.05) is 29.8 Å².